The highest BCUT2D eigenvalue weighted by molar-refractivity contribution is 5.70. The number of carbonyl (C=O) groups is 1. The average molecular weight is 230 g/mol. The summed E-state index contributed by atoms with van der Waals surface area (Å²) in [4.78, 5) is 13.6. The average Bonchev–Trinajstić information content (AvgIpc) is 2.18. The second kappa shape index (κ2) is 4.61. The van der Waals surface area contributed by atoms with E-state index < -0.39 is 41.5 Å². The monoisotopic (exact) mass is 230 g/mol. The second-order valence-electron chi connectivity index (χ2n) is 2.82. The number of hydrogen-bond acceptors (Lipinski definition) is 3. The lowest BCUT2D eigenvalue weighted by Crippen LogP contribution is -2.09. The molecule has 16 heavy (non-hydrogen) atoms. The minimum Gasteiger partial charge on any atom is -0.481 e. The van der Waals surface area contributed by atoms with E-state index in [0.29, 0.717) is 6.20 Å². The van der Waals surface area contributed by atoms with E-state index in [0.717, 1.165) is 0 Å². The Kier molecular flexibility index (Phi) is 3.45. The number of alkyl halides is 2. The van der Waals surface area contributed by atoms with Crippen LogP contribution in [-0.2, 0) is 11.2 Å². The van der Waals surface area contributed by atoms with E-state index in [1.165, 1.54) is 6.07 Å². The molecule has 0 aliphatic rings. The van der Waals surface area contributed by atoms with Crippen LogP contribution in [0.2, 0.25) is 0 Å². The van der Waals surface area contributed by atoms with Gasteiger partial charge in [0.15, 0.2) is 5.82 Å². The molecule has 0 amide bonds. The van der Waals surface area contributed by atoms with Crippen LogP contribution in [-0.4, -0.2) is 16.1 Å². The van der Waals surface area contributed by atoms with Crippen LogP contribution in [0.1, 0.15) is 23.2 Å². The molecule has 1 aromatic heterocycles. The topological polar surface area (TPSA) is 74.0 Å². The lowest BCUT2D eigenvalue weighted by Gasteiger charge is -2.08. The smallest absolute Gasteiger partial charge is 0.309 e. The number of nitriles is 1. The van der Waals surface area contributed by atoms with E-state index in [4.69, 9.17) is 10.4 Å². The summed E-state index contributed by atoms with van der Waals surface area (Å²) in [5.74, 6) is -2.57. The van der Waals surface area contributed by atoms with E-state index in [-0.39, 0.29) is 0 Å². The van der Waals surface area contributed by atoms with Gasteiger partial charge in [0, 0.05) is 0 Å². The molecule has 0 radical (unpaired) electrons. The minimum atomic E-state index is -3.15. The van der Waals surface area contributed by atoms with Crippen LogP contribution < -0.4 is 0 Å². The Morgan fingerprint density at radius 2 is 2.25 bits per heavy atom. The van der Waals surface area contributed by atoms with Gasteiger partial charge in [-0.05, 0) is 0 Å². The van der Waals surface area contributed by atoms with Crippen molar-refractivity contribution in [3.8, 4) is 6.07 Å². The highest BCUT2D eigenvalue weighted by atomic mass is 19.3. The summed E-state index contributed by atoms with van der Waals surface area (Å²) in [7, 11) is 0. The number of carboxylic acid groups (broad SMARTS) is 1. The third-order valence-corrected chi connectivity index (χ3v) is 1.80. The number of pyridine rings is 1. The second-order valence-corrected chi connectivity index (χ2v) is 2.82. The van der Waals surface area contributed by atoms with Crippen LogP contribution in [0.5, 0.6) is 0 Å². The molecule has 0 spiro atoms. The van der Waals surface area contributed by atoms with Crippen molar-refractivity contribution in [2.45, 2.75) is 12.8 Å². The molecule has 7 heteroatoms. The van der Waals surface area contributed by atoms with Gasteiger partial charge >= 0.3 is 5.97 Å². The molecule has 0 aliphatic heterocycles. The molecule has 0 unspecified atom stereocenters. The molecule has 1 N–H and O–H groups in total. The third-order valence-electron chi connectivity index (χ3n) is 1.80. The van der Waals surface area contributed by atoms with Gasteiger partial charge < -0.3 is 5.11 Å². The molecule has 4 nitrogen and oxygen atoms in total. The molecule has 84 valence electrons. The van der Waals surface area contributed by atoms with Gasteiger partial charge in [-0.15, -0.1) is 0 Å². The molecule has 0 aromatic carbocycles. The van der Waals surface area contributed by atoms with E-state index >= 15 is 0 Å². The summed E-state index contributed by atoms with van der Waals surface area (Å²) < 4.78 is 38.1. The predicted octanol–water partition coefficient (Wildman–Crippen LogP) is 1.66. The van der Waals surface area contributed by atoms with Gasteiger partial charge in [-0.2, -0.15) is 5.26 Å². The standard InChI is InChI=1S/C9H5F3N2O2/c10-5-3-14-6(1-7(15)16)8(9(11)12)4(5)2-13/h3,9H,1H2,(H,15,16). The van der Waals surface area contributed by atoms with E-state index in [1.807, 2.05) is 0 Å². The van der Waals surface area contributed by atoms with Crippen molar-refractivity contribution in [1.82, 2.24) is 4.98 Å². The molecule has 0 fully saturated rings. The van der Waals surface area contributed by atoms with Crippen LogP contribution in [0.3, 0.4) is 0 Å². The van der Waals surface area contributed by atoms with Crippen molar-refractivity contribution in [2.75, 3.05) is 0 Å². The maximum atomic E-state index is 13.0. The Morgan fingerprint density at radius 3 is 2.69 bits per heavy atom. The summed E-state index contributed by atoms with van der Waals surface area (Å²) in [5, 5.41) is 17.0. The van der Waals surface area contributed by atoms with Crippen LogP contribution in [0.4, 0.5) is 13.2 Å². The summed E-state index contributed by atoms with van der Waals surface area (Å²) in [6.45, 7) is 0. The fourth-order valence-electron chi connectivity index (χ4n) is 1.17. The Balaban J connectivity index is 3.40. The number of rotatable bonds is 3. The zero-order chi connectivity index (χ0) is 12.3. The normalized spacial score (nSPS) is 10.2. The van der Waals surface area contributed by atoms with E-state index in [1.54, 1.807) is 0 Å². The summed E-state index contributed by atoms with van der Waals surface area (Å²) >= 11 is 0. The van der Waals surface area contributed by atoms with Gasteiger partial charge in [0.25, 0.3) is 6.43 Å². The highest BCUT2D eigenvalue weighted by Gasteiger charge is 2.23. The number of hydrogen-bond donors (Lipinski definition) is 1. The zero-order valence-corrected chi connectivity index (χ0v) is 7.75. The van der Waals surface area contributed by atoms with Crippen molar-refractivity contribution >= 4 is 5.97 Å². The van der Waals surface area contributed by atoms with Crippen molar-refractivity contribution in [3.05, 3.63) is 28.8 Å². The number of aliphatic carboxylic acids is 1. The Hall–Kier alpha value is -2.10. The molecule has 1 heterocycles. The molecule has 0 atom stereocenters. The lowest BCUT2D eigenvalue weighted by atomic mass is 10.1. The first-order valence-corrected chi connectivity index (χ1v) is 4.04. The Labute approximate surface area is 88.0 Å². The molecule has 0 aliphatic carbocycles. The van der Waals surface area contributed by atoms with Gasteiger partial charge in [-0.25, -0.2) is 13.2 Å². The van der Waals surface area contributed by atoms with Crippen LogP contribution in [0.15, 0.2) is 6.20 Å². The van der Waals surface area contributed by atoms with Gasteiger partial charge in [-0.1, -0.05) is 0 Å². The SMILES string of the molecule is N#Cc1c(F)cnc(CC(=O)O)c1C(F)F. The largest absolute Gasteiger partial charge is 0.481 e. The van der Waals surface area contributed by atoms with Crippen molar-refractivity contribution in [1.29, 1.82) is 5.26 Å². The molecule has 0 saturated heterocycles. The van der Waals surface area contributed by atoms with Crippen molar-refractivity contribution in [2.24, 2.45) is 0 Å². The predicted molar refractivity (Wildman–Crippen MR) is 45.2 cm³/mol. The van der Waals surface area contributed by atoms with Crippen LogP contribution in [0, 0.1) is 17.1 Å². The molecule has 0 saturated carbocycles. The lowest BCUT2D eigenvalue weighted by molar-refractivity contribution is -0.136. The van der Waals surface area contributed by atoms with Gasteiger partial charge in [0.1, 0.15) is 11.6 Å². The van der Waals surface area contributed by atoms with E-state index in [2.05, 4.69) is 4.98 Å². The number of aromatic nitrogens is 1. The summed E-state index contributed by atoms with van der Waals surface area (Å²) in [5.41, 5.74) is -2.31. The Morgan fingerprint density at radius 1 is 1.62 bits per heavy atom. The number of nitrogens with zero attached hydrogens (tertiary/aromatic N) is 2. The summed E-state index contributed by atoms with van der Waals surface area (Å²) in [6, 6.07) is 1.27. The fraction of sp³-hybridized carbons (Fsp3) is 0.222. The molecule has 1 aromatic rings. The third kappa shape index (κ3) is 2.28. The Bertz CT molecular complexity index is 469. The van der Waals surface area contributed by atoms with Gasteiger partial charge in [-0.3, -0.25) is 9.78 Å². The van der Waals surface area contributed by atoms with E-state index in [9.17, 15) is 18.0 Å². The maximum absolute atomic E-state index is 13.0. The molecular formula is C9H5F3N2O2. The number of halogens is 3. The molecule has 1 rings (SSSR count). The first-order valence-electron chi connectivity index (χ1n) is 4.04. The highest BCUT2D eigenvalue weighted by Crippen LogP contribution is 2.27. The van der Waals surface area contributed by atoms with Gasteiger partial charge in [0.2, 0.25) is 0 Å². The van der Waals surface area contributed by atoms with Crippen LogP contribution >= 0.6 is 0 Å². The zero-order valence-electron chi connectivity index (χ0n) is 7.75. The first kappa shape index (κ1) is 12.0. The minimum absolute atomic E-state index is 0.500. The number of carboxylic acids is 1. The summed E-state index contributed by atoms with van der Waals surface area (Å²) in [6.07, 6.45) is -3.37. The molecular weight excluding hydrogens is 225 g/mol. The van der Waals surface area contributed by atoms with Crippen LogP contribution in [0.25, 0.3) is 0 Å². The first-order chi connectivity index (χ1) is 7.47. The quantitative estimate of drug-likeness (QED) is 0.856. The van der Waals surface area contributed by atoms with Gasteiger partial charge in [0.05, 0.1) is 23.9 Å². The van der Waals surface area contributed by atoms with Crippen molar-refractivity contribution in [3.63, 3.8) is 0 Å². The maximum Gasteiger partial charge on any atom is 0.309 e. The fourth-order valence-corrected chi connectivity index (χ4v) is 1.17. The molecule has 0 bridgehead atoms. The van der Waals surface area contributed by atoms with Crippen molar-refractivity contribution < 1.29 is 23.1 Å².